The first kappa shape index (κ1) is 16.9. The standard InChI is InChI=1S/C13H7I3N2O3/c14-6-4-7(11(16)8(15)5-6)12(19)18-10-3-1-2-9(17-10)13(20)21/h1-5H,(H,20,21)(H,17,18,19). The van der Waals surface area contributed by atoms with Crippen LogP contribution in [0.2, 0.25) is 0 Å². The van der Waals surface area contributed by atoms with Crippen LogP contribution in [0.25, 0.3) is 0 Å². The van der Waals surface area contributed by atoms with E-state index in [1.807, 2.05) is 6.07 Å². The molecule has 0 saturated heterocycles. The van der Waals surface area contributed by atoms with Crippen LogP contribution in [0.1, 0.15) is 20.8 Å². The molecule has 108 valence electrons. The van der Waals surface area contributed by atoms with Crippen molar-refractivity contribution in [2.45, 2.75) is 0 Å². The Bertz CT molecular complexity index is 735. The summed E-state index contributed by atoms with van der Waals surface area (Å²) in [6.07, 6.45) is 0. The average Bonchev–Trinajstić information content (AvgIpc) is 2.43. The van der Waals surface area contributed by atoms with Gasteiger partial charge in [-0.3, -0.25) is 4.79 Å². The number of hydrogen-bond donors (Lipinski definition) is 2. The number of carboxylic acids is 1. The molecular weight excluding hydrogens is 613 g/mol. The summed E-state index contributed by atoms with van der Waals surface area (Å²) in [6, 6.07) is 8.21. The van der Waals surface area contributed by atoms with Crippen LogP contribution in [0, 0.1) is 10.7 Å². The lowest BCUT2D eigenvalue weighted by molar-refractivity contribution is 0.0690. The van der Waals surface area contributed by atoms with E-state index in [0.717, 1.165) is 10.7 Å². The van der Waals surface area contributed by atoms with Gasteiger partial charge in [-0.15, -0.1) is 0 Å². The number of halogens is 3. The summed E-state index contributed by atoms with van der Waals surface area (Å²) in [7, 11) is 0. The van der Waals surface area contributed by atoms with Crippen molar-refractivity contribution < 1.29 is 14.7 Å². The molecule has 0 fully saturated rings. The van der Waals surface area contributed by atoms with Crippen molar-refractivity contribution in [3.8, 4) is 0 Å². The lowest BCUT2D eigenvalue weighted by Gasteiger charge is -2.09. The highest BCUT2D eigenvalue weighted by molar-refractivity contribution is 14.1. The number of amides is 1. The highest BCUT2D eigenvalue weighted by atomic mass is 127. The van der Waals surface area contributed by atoms with Crippen molar-refractivity contribution >= 4 is 85.5 Å². The minimum Gasteiger partial charge on any atom is -0.477 e. The predicted octanol–water partition coefficient (Wildman–Crippen LogP) is 3.85. The second-order valence-corrected chi connectivity index (χ2v) is 7.40. The first-order valence-electron chi connectivity index (χ1n) is 5.54. The number of carbonyl (C=O) groups is 2. The predicted molar refractivity (Wildman–Crippen MR) is 104 cm³/mol. The summed E-state index contributed by atoms with van der Waals surface area (Å²) in [5.41, 5.74) is 0.425. The number of rotatable bonds is 3. The minimum atomic E-state index is -1.13. The monoisotopic (exact) mass is 620 g/mol. The minimum absolute atomic E-state index is 0.111. The van der Waals surface area contributed by atoms with Gasteiger partial charge in [-0.1, -0.05) is 6.07 Å². The molecule has 1 aromatic carbocycles. The van der Waals surface area contributed by atoms with Crippen LogP contribution >= 0.6 is 67.8 Å². The van der Waals surface area contributed by atoms with Gasteiger partial charge in [-0.25, -0.2) is 9.78 Å². The molecule has 2 N–H and O–H groups in total. The molecule has 1 amide bonds. The van der Waals surface area contributed by atoms with Crippen LogP contribution in [-0.2, 0) is 0 Å². The molecule has 0 aliphatic heterocycles. The number of nitrogens with zero attached hydrogens (tertiary/aromatic N) is 1. The number of carbonyl (C=O) groups excluding carboxylic acids is 1. The van der Waals surface area contributed by atoms with Crippen LogP contribution in [-0.4, -0.2) is 22.0 Å². The molecule has 0 radical (unpaired) electrons. The van der Waals surface area contributed by atoms with Gasteiger partial charge in [0.2, 0.25) is 0 Å². The van der Waals surface area contributed by atoms with Gasteiger partial charge in [0.05, 0.1) is 5.56 Å². The van der Waals surface area contributed by atoms with E-state index in [4.69, 9.17) is 5.11 Å². The first-order chi connectivity index (χ1) is 9.88. The van der Waals surface area contributed by atoms with Crippen molar-refractivity contribution in [2.75, 3.05) is 5.32 Å². The van der Waals surface area contributed by atoms with Gasteiger partial charge in [0, 0.05) is 10.7 Å². The van der Waals surface area contributed by atoms with Gasteiger partial charge in [0.1, 0.15) is 5.82 Å². The van der Waals surface area contributed by atoms with Gasteiger partial charge < -0.3 is 10.4 Å². The quantitative estimate of drug-likeness (QED) is 0.404. The molecule has 0 spiro atoms. The summed E-state index contributed by atoms with van der Waals surface area (Å²) in [5.74, 6) is -1.24. The van der Waals surface area contributed by atoms with Crippen LogP contribution < -0.4 is 5.32 Å². The lowest BCUT2D eigenvalue weighted by Crippen LogP contribution is -2.16. The zero-order valence-corrected chi connectivity index (χ0v) is 16.7. The summed E-state index contributed by atoms with van der Waals surface area (Å²) < 4.78 is 2.79. The topological polar surface area (TPSA) is 79.3 Å². The third-order valence-corrected chi connectivity index (χ3v) is 6.12. The van der Waals surface area contributed by atoms with Crippen LogP contribution in [0.5, 0.6) is 0 Å². The number of benzene rings is 1. The molecule has 0 aliphatic rings. The number of hydrogen-bond acceptors (Lipinski definition) is 3. The van der Waals surface area contributed by atoms with Crippen molar-refractivity contribution in [3.05, 3.63) is 52.3 Å². The number of aromatic carboxylic acids is 1. The van der Waals surface area contributed by atoms with E-state index in [1.165, 1.54) is 12.1 Å². The number of aromatic nitrogens is 1. The molecule has 2 aromatic rings. The third kappa shape index (κ3) is 4.25. The van der Waals surface area contributed by atoms with Gasteiger partial charge in [-0.2, -0.15) is 0 Å². The second kappa shape index (κ2) is 7.17. The maximum Gasteiger partial charge on any atom is 0.354 e. The molecule has 1 aromatic heterocycles. The Labute approximate surface area is 161 Å². The Morgan fingerprint density at radius 3 is 2.52 bits per heavy atom. The van der Waals surface area contributed by atoms with E-state index in [2.05, 4.69) is 78.1 Å². The highest BCUT2D eigenvalue weighted by Gasteiger charge is 2.15. The van der Waals surface area contributed by atoms with E-state index in [1.54, 1.807) is 12.1 Å². The van der Waals surface area contributed by atoms with Gasteiger partial charge in [0.15, 0.2) is 5.69 Å². The zero-order chi connectivity index (χ0) is 15.6. The molecule has 0 atom stereocenters. The number of nitrogens with one attached hydrogen (secondary N) is 1. The Balaban J connectivity index is 2.30. The van der Waals surface area contributed by atoms with Crippen LogP contribution in [0.15, 0.2) is 30.3 Å². The summed E-state index contributed by atoms with van der Waals surface area (Å²) in [5, 5.41) is 11.5. The molecular formula is C13H7I3N2O3. The molecule has 0 saturated carbocycles. The fourth-order valence-electron chi connectivity index (χ4n) is 1.53. The van der Waals surface area contributed by atoms with E-state index < -0.39 is 5.97 Å². The van der Waals surface area contributed by atoms with Crippen LogP contribution in [0.4, 0.5) is 5.82 Å². The number of pyridine rings is 1. The summed E-state index contributed by atoms with van der Waals surface area (Å²) in [6.45, 7) is 0. The third-order valence-electron chi connectivity index (χ3n) is 2.45. The number of carboxylic acid groups (broad SMARTS) is 1. The maximum atomic E-state index is 12.3. The Kier molecular flexibility index (Phi) is 5.76. The SMILES string of the molecule is O=C(O)c1cccc(NC(=O)c2cc(I)cc(I)c2I)n1. The van der Waals surface area contributed by atoms with E-state index in [9.17, 15) is 9.59 Å². The molecule has 2 rings (SSSR count). The molecule has 1 heterocycles. The Morgan fingerprint density at radius 2 is 1.86 bits per heavy atom. The Hall–Kier alpha value is -0.500. The van der Waals surface area contributed by atoms with E-state index in [-0.39, 0.29) is 17.4 Å². The largest absolute Gasteiger partial charge is 0.477 e. The van der Waals surface area contributed by atoms with Crippen molar-refractivity contribution in [1.82, 2.24) is 4.98 Å². The van der Waals surface area contributed by atoms with Gasteiger partial charge in [0.25, 0.3) is 5.91 Å². The molecule has 0 aliphatic carbocycles. The van der Waals surface area contributed by atoms with E-state index in [0.29, 0.717) is 5.56 Å². The fourth-order valence-corrected chi connectivity index (χ4v) is 3.93. The second-order valence-electron chi connectivity index (χ2n) is 3.92. The Morgan fingerprint density at radius 1 is 1.14 bits per heavy atom. The molecule has 8 heteroatoms. The molecule has 21 heavy (non-hydrogen) atoms. The van der Waals surface area contributed by atoms with Crippen molar-refractivity contribution in [3.63, 3.8) is 0 Å². The first-order valence-corrected chi connectivity index (χ1v) is 8.78. The normalized spacial score (nSPS) is 10.2. The van der Waals surface area contributed by atoms with E-state index >= 15 is 0 Å². The molecule has 5 nitrogen and oxygen atoms in total. The zero-order valence-electron chi connectivity index (χ0n) is 10.2. The molecule has 0 bridgehead atoms. The lowest BCUT2D eigenvalue weighted by atomic mass is 10.2. The summed E-state index contributed by atoms with van der Waals surface area (Å²) >= 11 is 6.42. The van der Waals surface area contributed by atoms with Crippen molar-refractivity contribution in [1.29, 1.82) is 0 Å². The van der Waals surface area contributed by atoms with Crippen molar-refractivity contribution in [2.24, 2.45) is 0 Å². The summed E-state index contributed by atoms with van der Waals surface area (Å²) in [4.78, 5) is 27.1. The van der Waals surface area contributed by atoms with Gasteiger partial charge >= 0.3 is 5.97 Å². The van der Waals surface area contributed by atoms with Gasteiger partial charge in [-0.05, 0) is 92.0 Å². The smallest absolute Gasteiger partial charge is 0.354 e. The fraction of sp³-hybridized carbons (Fsp3) is 0. The number of anilines is 1. The maximum absolute atomic E-state index is 12.3. The van der Waals surface area contributed by atoms with Crippen LogP contribution in [0.3, 0.4) is 0 Å². The molecule has 0 unspecified atom stereocenters. The average molecular weight is 620 g/mol. The highest BCUT2D eigenvalue weighted by Crippen LogP contribution is 2.23.